The summed E-state index contributed by atoms with van der Waals surface area (Å²) in [4.78, 5) is 14.7. The minimum atomic E-state index is 0.0475. The molecule has 2 rings (SSSR count). The van der Waals surface area contributed by atoms with E-state index in [2.05, 4.69) is 15.9 Å². The fraction of sp³-hybridized carbons (Fsp3) is 0.533. The van der Waals surface area contributed by atoms with Crippen LogP contribution < -0.4 is 9.47 Å². The smallest absolute Gasteiger partial charge is 0.254 e. The number of halogens is 1. The van der Waals surface area contributed by atoms with E-state index in [1.807, 2.05) is 4.90 Å². The molecule has 110 valence electrons. The van der Waals surface area contributed by atoms with Crippen molar-refractivity contribution < 1.29 is 14.3 Å². The molecule has 1 aromatic rings. The summed E-state index contributed by atoms with van der Waals surface area (Å²) in [5, 5.41) is 0.788. The van der Waals surface area contributed by atoms with Gasteiger partial charge in [-0.05, 0) is 31.4 Å². The minimum Gasteiger partial charge on any atom is -0.497 e. The van der Waals surface area contributed by atoms with Crippen LogP contribution in [0, 0.1) is 0 Å². The van der Waals surface area contributed by atoms with Crippen LogP contribution in [0.25, 0.3) is 0 Å². The Hall–Kier alpha value is -1.23. The number of alkyl halides is 1. The number of hydrogen-bond donors (Lipinski definition) is 0. The number of ether oxygens (including phenoxy) is 2. The topological polar surface area (TPSA) is 38.8 Å². The fourth-order valence-electron chi connectivity index (χ4n) is 2.34. The predicted molar refractivity (Wildman–Crippen MR) is 82.0 cm³/mol. The molecule has 0 unspecified atom stereocenters. The lowest BCUT2D eigenvalue weighted by molar-refractivity contribution is 0.0599. The van der Waals surface area contributed by atoms with Gasteiger partial charge in [0.2, 0.25) is 0 Å². The quantitative estimate of drug-likeness (QED) is 0.746. The molecule has 1 fully saturated rings. The molecule has 0 heterocycles. The van der Waals surface area contributed by atoms with Gasteiger partial charge in [-0.15, -0.1) is 0 Å². The molecular formula is C15H20BrNO3. The molecular weight excluding hydrogens is 322 g/mol. The van der Waals surface area contributed by atoms with Crippen molar-refractivity contribution in [2.45, 2.75) is 25.3 Å². The normalized spacial score (nSPS) is 14.6. The highest BCUT2D eigenvalue weighted by Gasteiger charge is 2.29. The van der Waals surface area contributed by atoms with Crippen molar-refractivity contribution in [3.05, 3.63) is 23.8 Å². The molecule has 0 aromatic heterocycles. The maximum Gasteiger partial charge on any atom is 0.254 e. The van der Waals surface area contributed by atoms with Crippen molar-refractivity contribution in [3.63, 3.8) is 0 Å². The summed E-state index contributed by atoms with van der Waals surface area (Å²) in [5.74, 6) is 1.33. The van der Waals surface area contributed by atoms with Crippen molar-refractivity contribution in [1.29, 1.82) is 0 Å². The Bertz CT molecular complexity index is 452. The van der Waals surface area contributed by atoms with E-state index < -0.39 is 0 Å². The van der Waals surface area contributed by atoms with Crippen molar-refractivity contribution in [1.82, 2.24) is 4.90 Å². The van der Waals surface area contributed by atoms with E-state index in [9.17, 15) is 4.79 Å². The second-order valence-electron chi connectivity index (χ2n) is 4.87. The Morgan fingerprint density at radius 2 is 1.85 bits per heavy atom. The number of carbonyl (C=O) groups is 1. The number of hydrogen-bond acceptors (Lipinski definition) is 3. The molecule has 0 atom stereocenters. The predicted octanol–water partition coefficient (Wildman–Crippen LogP) is 3.09. The first kappa shape index (κ1) is 15.2. The third-order valence-electron chi connectivity index (χ3n) is 3.70. The maximum atomic E-state index is 12.7. The van der Waals surface area contributed by atoms with Crippen LogP contribution in [0.4, 0.5) is 0 Å². The van der Waals surface area contributed by atoms with Gasteiger partial charge < -0.3 is 14.4 Å². The van der Waals surface area contributed by atoms with Crippen molar-refractivity contribution in [3.8, 4) is 11.5 Å². The zero-order chi connectivity index (χ0) is 14.5. The van der Waals surface area contributed by atoms with E-state index in [4.69, 9.17) is 9.47 Å². The summed E-state index contributed by atoms with van der Waals surface area (Å²) in [6, 6.07) is 5.68. The zero-order valence-electron chi connectivity index (χ0n) is 11.9. The summed E-state index contributed by atoms with van der Waals surface area (Å²) in [6.07, 6.45) is 3.40. The number of carbonyl (C=O) groups excluding carboxylic acids is 1. The van der Waals surface area contributed by atoms with Crippen LogP contribution in [0.15, 0.2) is 18.2 Å². The van der Waals surface area contributed by atoms with Crippen molar-refractivity contribution in [2.75, 3.05) is 26.1 Å². The van der Waals surface area contributed by atoms with Crippen LogP contribution in [0.1, 0.15) is 29.6 Å². The van der Waals surface area contributed by atoms with E-state index >= 15 is 0 Å². The number of nitrogens with zero attached hydrogens (tertiary/aromatic N) is 1. The largest absolute Gasteiger partial charge is 0.497 e. The van der Waals surface area contributed by atoms with Crippen LogP contribution in [-0.2, 0) is 0 Å². The first-order chi connectivity index (χ1) is 9.69. The fourth-order valence-corrected chi connectivity index (χ4v) is 2.72. The van der Waals surface area contributed by atoms with E-state index in [0.717, 1.165) is 24.7 Å². The number of benzene rings is 1. The Balaban J connectivity index is 2.25. The summed E-state index contributed by atoms with van der Waals surface area (Å²) in [5.41, 5.74) is 0.619. The lowest BCUT2D eigenvalue weighted by Gasteiger charge is -2.37. The molecule has 0 saturated heterocycles. The van der Waals surface area contributed by atoms with E-state index in [1.165, 1.54) is 6.42 Å². The summed E-state index contributed by atoms with van der Waals surface area (Å²) in [7, 11) is 3.18. The number of methoxy groups -OCH3 is 2. The number of amides is 1. The Morgan fingerprint density at radius 1 is 1.25 bits per heavy atom. The summed E-state index contributed by atoms with van der Waals surface area (Å²) in [6.45, 7) is 0.725. The molecule has 20 heavy (non-hydrogen) atoms. The Morgan fingerprint density at radius 3 is 2.25 bits per heavy atom. The molecule has 4 nitrogen and oxygen atoms in total. The summed E-state index contributed by atoms with van der Waals surface area (Å²) < 4.78 is 10.5. The molecule has 0 radical (unpaired) electrons. The van der Waals surface area contributed by atoms with E-state index in [1.54, 1.807) is 32.4 Å². The monoisotopic (exact) mass is 341 g/mol. The van der Waals surface area contributed by atoms with E-state index in [0.29, 0.717) is 23.1 Å². The van der Waals surface area contributed by atoms with Gasteiger partial charge in [-0.1, -0.05) is 15.9 Å². The molecule has 1 saturated carbocycles. The lowest BCUT2D eigenvalue weighted by atomic mass is 9.91. The van der Waals surface area contributed by atoms with Gasteiger partial charge >= 0.3 is 0 Å². The lowest BCUT2D eigenvalue weighted by Crippen LogP contribution is -2.45. The molecule has 1 aromatic carbocycles. The SMILES string of the molecule is COc1cc(OC)cc(C(=O)N(CCBr)C2CCC2)c1. The van der Waals surface area contributed by atoms with Gasteiger partial charge in [0.15, 0.2) is 0 Å². The highest BCUT2D eigenvalue weighted by molar-refractivity contribution is 9.09. The van der Waals surface area contributed by atoms with Crippen molar-refractivity contribution in [2.24, 2.45) is 0 Å². The molecule has 1 amide bonds. The standard InChI is InChI=1S/C15H20BrNO3/c1-19-13-8-11(9-14(10-13)20-2)15(18)17(7-6-16)12-4-3-5-12/h8-10,12H,3-7H2,1-2H3. The van der Waals surface area contributed by atoms with Crippen LogP contribution >= 0.6 is 15.9 Å². The Kier molecular flexibility index (Phi) is 5.29. The first-order valence-corrected chi connectivity index (χ1v) is 7.91. The second-order valence-corrected chi connectivity index (χ2v) is 5.67. The summed E-state index contributed by atoms with van der Waals surface area (Å²) >= 11 is 3.43. The molecule has 0 bridgehead atoms. The van der Waals surface area contributed by atoms with Gasteiger partial charge in [-0.25, -0.2) is 0 Å². The molecule has 0 N–H and O–H groups in total. The van der Waals surface area contributed by atoms with Gasteiger partial charge in [-0.2, -0.15) is 0 Å². The van der Waals surface area contributed by atoms with Gasteiger partial charge in [0.25, 0.3) is 5.91 Å². The van der Waals surface area contributed by atoms with Gasteiger partial charge in [-0.3, -0.25) is 4.79 Å². The van der Waals surface area contributed by atoms with Gasteiger partial charge in [0.1, 0.15) is 11.5 Å². The average molecular weight is 342 g/mol. The molecule has 1 aliphatic carbocycles. The highest BCUT2D eigenvalue weighted by atomic mass is 79.9. The maximum absolute atomic E-state index is 12.7. The molecule has 5 heteroatoms. The Labute approximate surface area is 128 Å². The van der Waals surface area contributed by atoms with Gasteiger partial charge in [0.05, 0.1) is 14.2 Å². The third kappa shape index (κ3) is 3.26. The zero-order valence-corrected chi connectivity index (χ0v) is 13.5. The van der Waals surface area contributed by atoms with Gasteiger partial charge in [0, 0.05) is 29.5 Å². The highest BCUT2D eigenvalue weighted by Crippen LogP contribution is 2.28. The third-order valence-corrected chi connectivity index (χ3v) is 4.05. The second kappa shape index (κ2) is 6.97. The van der Waals surface area contributed by atoms with Crippen LogP contribution in [-0.4, -0.2) is 42.9 Å². The molecule has 0 spiro atoms. The van der Waals surface area contributed by atoms with E-state index in [-0.39, 0.29) is 5.91 Å². The first-order valence-electron chi connectivity index (χ1n) is 6.79. The van der Waals surface area contributed by atoms with Crippen molar-refractivity contribution >= 4 is 21.8 Å². The van der Waals surface area contributed by atoms with Crippen LogP contribution in [0.2, 0.25) is 0 Å². The molecule has 1 aliphatic rings. The molecule has 0 aliphatic heterocycles. The van der Waals surface area contributed by atoms with Crippen LogP contribution in [0.3, 0.4) is 0 Å². The minimum absolute atomic E-state index is 0.0475. The van der Waals surface area contributed by atoms with Crippen LogP contribution in [0.5, 0.6) is 11.5 Å². The average Bonchev–Trinajstić information content (AvgIpc) is 2.43. The number of rotatable bonds is 6.